The van der Waals surface area contributed by atoms with Crippen LogP contribution in [0.15, 0.2) is 35.5 Å². The molecule has 138 valence electrons. The molecule has 5 nitrogen and oxygen atoms in total. The van der Waals surface area contributed by atoms with Gasteiger partial charge in [0.25, 0.3) is 0 Å². The third kappa shape index (κ3) is 8.04. The van der Waals surface area contributed by atoms with Crippen LogP contribution in [-0.4, -0.2) is 37.7 Å². The Morgan fingerprint density at radius 3 is 2.76 bits per heavy atom. The number of aliphatic imine (C=N–C) groups is 1. The smallest absolute Gasteiger partial charge is 0.191 e. The van der Waals surface area contributed by atoms with Crippen molar-refractivity contribution < 1.29 is 4.74 Å². The highest BCUT2D eigenvalue weighted by molar-refractivity contribution is 14.0. The van der Waals surface area contributed by atoms with Crippen molar-refractivity contribution in [2.24, 2.45) is 4.99 Å². The normalized spacial score (nSPS) is 10.9. The van der Waals surface area contributed by atoms with E-state index in [1.165, 1.54) is 10.4 Å². The molecule has 1 aromatic carbocycles. The molecule has 0 radical (unpaired) electrons. The van der Waals surface area contributed by atoms with E-state index in [0.29, 0.717) is 13.2 Å². The zero-order chi connectivity index (χ0) is 17.2. The van der Waals surface area contributed by atoms with Crippen molar-refractivity contribution in [3.05, 3.63) is 45.9 Å². The number of aromatic nitrogens is 1. The second-order valence-corrected chi connectivity index (χ2v) is 6.61. The maximum Gasteiger partial charge on any atom is 0.191 e. The summed E-state index contributed by atoms with van der Waals surface area (Å²) in [7, 11) is 1.77. The monoisotopic (exact) mass is 474 g/mol. The second kappa shape index (κ2) is 12.1. The first-order valence-corrected chi connectivity index (χ1v) is 9.10. The quantitative estimate of drug-likeness (QED) is 0.267. The highest BCUT2D eigenvalue weighted by Gasteiger charge is 2.02. The molecule has 1 heterocycles. The summed E-state index contributed by atoms with van der Waals surface area (Å²) < 4.78 is 5.72. The van der Waals surface area contributed by atoms with Gasteiger partial charge in [0.2, 0.25) is 0 Å². The van der Waals surface area contributed by atoms with Gasteiger partial charge in [0.05, 0.1) is 11.6 Å². The maximum absolute atomic E-state index is 5.72. The number of halogens is 1. The fraction of sp³-hybridized carbons (Fsp3) is 0.444. The van der Waals surface area contributed by atoms with Crippen molar-refractivity contribution in [2.75, 3.05) is 26.7 Å². The minimum absolute atomic E-state index is 0. The molecule has 2 aromatic rings. The summed E-state index contributed by atoms with van der Waals surface area (Å²) >= 11 is 1.78. The van der Waals surface area contributed by atoms with Crippen molar-refractivity contribution in [3.63, 3.8) is 0 Å². The van der Waals surface area contributed by atoms with Crippen molar-refractivity contribution >= 4 is 41.3 Å². The Morgan fingerprint density at radius 1 is 1.28 bits per heavy atom. The molecule has 0 aliphatic carbocycles. The van der Waals surface area contributed by atoms with E-state index in [9.17, 15) is 0 Å². The van der Waals surface area contributed by atoms with Gasteiger partial charge in [-0.2, -0.15) is 0 Å². The first-order valence-electron chi connectivity index (χ1n) is 8.29. The first-order chi connectivity index (χ1) is 11.7. The first kappa shape index (κ1) is 21.7. The molecule has 0 spiro atoms. The third-order valence-electron chi connectivity index (χ3n) is 3.46. The summed E-state index contributed by atoms with van der Waals surface area (Å²) in [6, 6.07) is 8.06. The Bertz CT molecular complexity index is 660. The maximum atomic E-state index is 5.72. The van der Waals surface area contributed by atoms with E-state index in [2.05, 4.69) is 40.5 Å². The lowest BCUT2D eigenvalue weighted by atomic mass is 10.2. The molecule has 0 saturated carbocycles. The Labute approximate surface area is 171 Å². The highest BCUT2D eigenvalue weighted by atomic mass is 127. The van der Waals surface area contributed by atoms with Crippen LogP contribution in [0.3, 0.4) is 0 Å². The molecule has 2 rings (SSSR count). The molecule has 0 unspecified atom stereocenters. The molecule has 2 N–H and O–H groups in total. The molecule has 7 heteroatoms. The number of hydrogen-bond acceptors (Lipinski definition) is 4. The van der Waals surface area contributed by atoms with E-state index in [1.807, 2.05) is 24.4 Å². The summed E-state index contributed by atoms with van der Waals surface area (Å²) in [6.07, 6.45) is 3.93. The van der Waals surface area contributed by atoms with Crippen LogP contribution in [0.1, 0.15) is 22.4 Å². The van der Waals surface area contributed by atoms with Gasteiger partial charge in [0.15, 0.2) is 5.96 Å². The summed E-state index contributed by atoms with van der Waals surface area (Å²) in [5, 5.41) is 7.72. The lowest BCUT2D eigenvalue weighted by molar-refractivity contribution is 0.321. The molecule has 25 heavy (non-hydrogen) atoms. The van der Waals surface area contributed by atoms with E-state index in [0.717, 1.165) is 36.1 Å². The average molecular weight is 474 g/mol. The molecular formula is C18H27IN4OS. The Hall–Kier alpha value is -1.35. The molecule has 0 aliphatic heterocycles. The zero-order valence-corrected chi connectivity index (χ0v) is 18.2. The molecule has 1 aromatic heterocycles. The summed E-state index contributed by atoms with van der Waals surface area (Å²) in [4.78, 5) is 9.98. The Morgan fingerprint density at radius 2 is 2.08 bits per heavy atom. The molecular weight excluding hydrogens is 447 g/mol. The van der Waals surface area contributed by atoms with Gasteiger partial charge in [0, 0.05) is 31.1 Å². The van der Waals surface area contributed by atoms with Crippen molar-refractivity contribution in [1.82, 2.24) is 15.6 Å². The number of aryl methyl sites for hydroxylation is 2. The van der Waals surface area contributed by atoms with Crippen LogP contribution in [0.4, 0.5) is 0 Å². The number of rotatable bonds is 8. The van der Waals surface area contributed by atoms with Crippen LogP contribution < -0.4 is 15.4 Å². The number of benzene rings is 1. The van der Waals surface area contributed by atoms with Gasteiger partial charge < -0.3 is 15.4 Å². The highest BCUT2D eigenvalue weighted by Crippen LogP contribution is 2.13. The lowest BCUT2D eigenvalue weighted by Gasteiger charge is -2.12. The SMILES string of the molecule is CCc1cnc(CCNC(=NC)NCCOc2cccc(C)c2)s1.I. The topological polar surface area (TPSA) is 58.5 Å². The molecule has 0 saturated heterocycles. The van der Waals surface area contributed by atoms with E-state index < -0.39 is 0 Å². The number of ether oxygens (including phenoxy) is 1. The third-order valence-corrected chi connectivity index (χ3v) is 4.66. The van der Waals surface area contributed by atoms with Crippen LogP contribution in [0.25, 0.3) is 0 Å². The minimum atomic E-state index is 0. The second-order valence-electron chi connectivity index (χ2n) is 5.41. The number of guanidine groups is 1. The molecule has 0 amide bonds. The van der Waals surface area contributed by atoms with Crippen molar-refractivity contribution in [1.29, 1.82) is 0 Å². The summed E-state index contributed by atoms with van der Waals surface area (Å²) in [5.41, 5.74) is 1.20. The predicted molar refractivity (Wildman–Crippen MR) is 117 cm³/mol. The van der Waals surface area contributed by atoms with Gasteiger partial charge in [-0.25, -0.2) is 4.98 Å². The molecule has 0 atom stereocenters. The van der Waals surface area contributed by atoms with Crippen LogP contribution >= 0.6 is 35.3 Å². The standard InChI is InChI=1S/C18H26N4OS.HI/c1-4-16-13-22-17(24-16)8-9-20-18(19-3)21-10-11-23-15-7-5-6-14(2)12-15;/h5-7,12-13H,4,8-11H2,1-3H3,(H2,19,20,21);1H. The molecule has 0 bridgehead atoms. The van der Waals surface area contributed by atoms with Crippen LogP contribution in [0.5, 0.6) is 5.75 Å². The van der Waals surface area contributed by atoms with E-state index in [4.69, 9.17) is 4.74 Å². The fourth-order valence-electron chi connectivity index (χ4n) is 2.18. The van der Waals surface area contributed by atoms with Gasteiger partial charge in [0.1, 0.15) is 12.4 Å². The molecule has 0 aliphatic rings. The molecule has 0 fully saturated rings. The van der Waals surface area contributed by atoms with Crippen LogP contribution in [0.2, 0.25) is 0 Å². The summed E-state index contributed by atoms with van der Waals surface area (Å²) in [5.74, 6) is 1.69. The predicted octanol–water partition coefficient (Wildman–Crippen LogP) is 3.42. The van der Waals surface area contributed by atoms with Crippen molar-refractivity contribution in [3.8, 4) is 5.75 Å². The van der Waals surface area contributed by atoms with E-state index in [-0.39, 0.29) is 24.0 Å². The largest absolute Gasteiger partial charge is 0.492 e. The van der Waals surface area contributed by atoms with E-state index >= 15 is 0 Å². The zero-order valence-electron chi connectivity index (χ0n) is 15.0. The number of hydrogen-bond donors (Lipinski definition) is 2. The van der Waals surface area contributed by atoms with Gasteiger partial charge in [-0.1, -0.05) is 19.1 Å². The van der Waals surface area contributed by atoms with Crippen LogP contribution in [-0.2, 0) is 12.8 Å². The lowest BCUT2D eigenvalue weighted by Crippen LogP contribution is -2.40. The van der Waals surface area contributed by atoms with Gasteiger partial charge >= 0.3 is 0 Å². The Balaban J connectivity index is 0.00000312. The minimum Gasteiger partial charge on any atom is -0.492 e. The number of nitrogens with zero attached hydrogens (tertiary/aromatic N) is 2. The van der Waals surface area contributed by atoms with Crippen LogP contribution in [0, 0.1) is 6.92 Å². The Kier molecular flexibility index (Phi) is 10.5. The van der Waals surface area contributed by atoms with Crippen molar-refractivity contribution in [2.45, 2.75) is 26.7 Å². The van der Waals surface area contributed by atoms with Gasteiger partial charge in [-0.15, -0.1) is 35.3 Å². The van der Waals surface area contributed by atoms with Gasteiger partial charge in [-0.3, -0.25) is 4.99 Å². The average Bonchev–Trinajstić information content (AvgIpc) is 3.05. The number of thiazole rings is 1. The fourth-order valence-corrected chi connectivity index (χ4v) is 3.04. The summed E-state index contributed by atoms with van der Waals surface area (Å²) in [6.45, 7) is 6.32. The van der Waals surface area contributed by atoms with E-state index in [1.54, 1.807) is 18.4 Å². The van der Waals surface area contributed by atoms with Gasteiger partial charge in [-0.05, 0) is 31.0 Å². The number of nitrogens with one attached hydrogen (secondary N) is 2.